The lowest BCUT2D eigenvalue weighted by Crippen LogP contribution is -2.41. The molecule has 0 N–H and O–H groups in total. The van der Waals surface area contributed by atoms with Crippen LogP contribution in [0.2, 0.25) is 0 Å². The fourth-order valence-electron chi connectivity index (χ4n) is 5.68. The third kappa shape index (κ3) is 2.03. The summed E-state index contributed by atoms with van der Waals surface area (Å²) >= 11 is 0. The van der Waals surface area contributed by atoms with Crippen LogP contribution in [0.1, 0.15) is 34.1 Å². The van der Waals surface area contributed by atoms with Crippen LogP contribution in [0.4, 0.5) is 11.4 Å². The van der Waals surface area contributed by atoms with Gasteiger partial charge in [-0.15, -0.1) is 0 Å². The molecule has 4 aliphatic rings. The molecule has 146 valence electrons. The van der Waals surface area contributed by atoms with Crippen LogP contribution in [0.5, 0.6) is 0 Å². The molecule has 0 aromatic heterocycles. The Kier molecular flexibility index (Phi) is 3.34. The Labute approximate surface area is 171 Å². The number of anilines is 1. The van der Waals surface area contributed by atoms with Gasteiger partial charge >= 0.3 is 0 Å². The van der Waals surface area contributed by atoms with Crippen molar-refractivity contribution in [1.29, 1.82) is 0 Å². The molecule has 1 fully saturated rings. The molecule has 6 nitrogen and oxygen atoms in total. The number of imide groups is 1. The lowest BCUT2D eigenvalue weighted by atomic mass is 9.55. The lowest BCUT2D eigenvalue weighted by Gasteiger charge is -2.45. The highest BCUT2D eigenvalue weighted by Gasteiger charge is 2.61. The van der Waals surface area contributed by atoms with Gasteiger partial charge in [0.1, 0.15) is 0 Å². The van der Waals surface area contributed by atoms with Crippen LogP contribution >= 0.6 is 0 Å². The summed E-state index contributed by atoms with van der Waals surface area (Å²) in [5, 5.41) is 11.2. The topological polar surface area (TPSA) is 80.5 Å². The molecule has 0 radical (unpaired) electrons. The highest BCUT2D eigenvalue weighted by molar-refractivity contribution is 6.23. The van der Waals surface area contributed by atoms with Crippen molar-refractivity contribution in [3.8, 4) is 0 Å². The minimum absolute atomic E-state index is 0.141. The van der Waals surface area contributed by atoms with Gasteiger partial charge in [0.05, 0.1) is 22.4 Å². The average molecular weight is 396 g/mol. The molecule has 2 amide bonds. The zero-order valence-electron chi connectivity index (χ0n) is 15.8. The van der Waals surface area contributed by atoms with Crippen LogP contribution in [-0.4, -0.2) is 16.7 Å². The van der Waals surface area contributed by atoms with E-state index in [0.717, 1.165) is 22.3 Å². The van der Waals surface area contributed by atoms with E-state index in [1.165, 1.54) is 23.1 Å². The van der Waals surface area contributed by atoms with E-state index in [1.807, 2.05) is 48.5 Å². The molecular formula is C24H16N2O4. The molecule has 3 aromatic rings. The van der Waals surface area contributed by atoms with E-state index in [0.29, 0.717) is 0 Å². The predicted octanol–water partition coefficient (Wildman–Crippen LogP) is 3.99. The Morgan fingerprint density at radius 2 is 1.17 bits per heavy atom. The maximum absolute atomic E-state index is 13.6. The molecule has 1 heterocycles. The molecule has 0 spiro atoms. The number of benzene rings is 3. The number of carbonyl (C=O) groups is 2. The first-order valence-electron chi connectivity index (χ1n) is 9.88. The zero-order valence-corrected chi connectivity index (χ0v) is 15.8. The van der Waals surface area contributed by atoms with Gasteiger partial charge in [0.15, 0.2) is 0 Å². The molecular weight excluding hydrogens is 380 g/mol. The van der Waals surface area contributed by atoms with Crippen LogP contribution in [0.15, 0.2) is 72.8 Å². The number of non-ortho nitro benzene ring substituents is 1. The first-order valence-corrected chi connectivity index (χ1v) is 9.88. The summed E-state index contributed by atoms with van der Waals surface area (Å²) in [5.41, 5.74) is 4.53. The molecule has 1 aliphatic heterocycles. The maximum Gasteiger partial charge on any atom is 0.271 e. The first kappa shape index (κ1) is 17.1. The number of hydrogen-bond donors (Lipinski definition) is 0. The van der Waals surface area contributed by atoms with Gasteiger partial charge in [-0.1, -0.05) is 54.6 Å². The van der Waals surface area contributed by atoms with Gasteiger partial charge < -0.3 is 0 Å². The fraction of sp³-hybridized carbons (Fsp3) is 0.167. The molecule has 0 unspecified atom stereocenters. The summed E-state index contributed by atoms with van der Waals surface area (Å²) in [7, 11) is 0. The van der Waals surface area contributed by atoms with E-state index in [2.05, 4.69) is 0 Å². The number of rotatable bonds is 2. The van der Waals surface area contributed by atoms with E-state index < -0.39 is 16.8 Å². The second-order valence-corrected chi connectivity index (χ2v) is 8.05. The van der Waals surface area contributed by atoms with Gasteiger partial charge in [0, 0.05) is 24.0 Å². The minimum Gasteiger partial charge on any atom is -0.274 e. The van der Waals surface area contributed by atoms with E-state index in [9.17, 15) is 19.7 Å². The molecule has 6 heteroatoms. The quantitative estimate of drug-likeness (QED) is 0.373. The fourth-order valence-corrected chi connectivity index (χ4v) is 5.68. The Bertz CT molecular complexity index is 1150. The van der Waals surface area contributed by atoms with E-state index >= 15 is 0 Å². The number of hydrogen-bond acceptors (Lipinski definition) is 4. The maximum atomic E-state index is 13.6. The van der Waals surface area contributed by atoms with E-state index in [1.54, 1.807) is 6.07 Å². The van der Waals surface area contributed by atoms with Crippen LogP contribution in [0.25, 0.3) is 0 Å². The summed E-state index contributed by atoms with van der Waals surface area (Å²) in [6, 6.07) is 21.8. The van der Waals surface area contributed by atoms with Crippen molar-refractivity contribution >= 4 is 23.2 Å². The number of nitro benzene ring substituents is 1. The SMILES string of the molecule is O=C1[C@@H]2C3c4ccccc4C(c4ccccc43)[C@H]2C(=O)N1c1cccc([N+](=O)[O-])c1. The molecule has 7 rings (SSSR count). The van der Waals surface area contributed by atoms with Crippen molar-refractivity contribution < 1.29 is 14.5 Å². The van der Waals surface area contributed by atoms with Crippen molar-refractivity contribution in [3.05, 3.63) is 105 Å². The summed E-state index contributed by atoms with van der Waals surface area (Å²) in [6.45, 7) is 0. The normalized spacial score (nSPS) is 25.7. The van der Waals surface area contributed by atoms with E-state index in [4.69, 9.17) is 0 Å². The number of carbonyl (C=O) groups excluding carboxylic acids is 2. The highest BCUT2D eigenvalue weighted by Crippen LogP contribution is 2.61. The number of amides is 2. The summed E-state index contributed by atoms with van der Waals surface area (Å²) in [5.74, 6) is -1.91. The Morgan fingerprint density at radius 3 is 1.60 bits per heavy atom. The predicted molar refractivity (Wildman–Crippen MR) is 109 cm³/mol. The molecule has 30 heavy (non-hydrogen) atoms. The second kappa shape index (κ2) is 5.86. The summed E-state index contributed by atoms with van der Waals surface area (Å²) < 4.78 is 0. The highest BCUT2D eigenvalue weighted by atomic mass is 16.6. The van der Waals surface area contributed by atoms with Crippen molar-refractivity contribution in [2.75, 3.05) is 4.90 Å². The Balaban J connectivity index is 1.54. The monoisotopic (exact) mass is 396 g/mol. The summed E-state index contributed by atoms with van der Waals surface area (Å²) in [6.07, 6.45) is 0. The van der Waals surface area contributed by atoms with Crippen LogP contribution in [-0.2, 0) is 9.59 Å². The summed E-state index contributed by atoms with van der Waals surface area (Å²) in [4.78, 5) is 39.0. The Morgan fingerprint density at radius 1 is 0.700 bits per heavy atom. The van der Waals surface area contributed by atoms with Gasteiger partial charge in [-0.25, -0.2) is 4.90 Å². The first-order chi connectivity index (χ1) is 14.6. The minimum atomic E-state index is -0.517. The van der Waals surface area contributed by atoms with Crippen molar-refractivity contribution in [2.24, 2.45) is 11.8 Å². The van der Waals surface area contributed by atoms with Crippen LogP contribution < -0.4 is 4.90 Å². The second-order valence-electron chi connectivity index (χ2n) is 8.05. The largest absolute Gasteiger partial charge is 0.274 e. The zero-order chi connectivity index (χ0) is 20.6. The van der Waals surface area contributed by atoms with Crippen molar-refractivity contribution in [3.63, 3.8) is 0 Å². The standard InChI is InChI=1S/C24H16N2O4/c27-23-21-19-15-8-1-2-9-16(15)20(18-11-4-3-10-17(18)19)22(21)24(28)25(23)13-6-5-7-14(12-13)26(29)30/h1-12,19-22H/t19?,20?,21-,22-/m1/s1. The number of nitro groups is 1. The molecule has 0 saturated carbocycles. The van der Waals surface area contributed by atoms with Gasteiger partial charge in [0.25, 0.3) is 5.69 Å². The number of nitrogens with zero attached hydrogens (tertiary/aromatic N) is 2. The average Bonchev–Trinajstić information content (AvgIpc) is 3.04. The van der Waals surface area contributed by atoms with Crippen LogP contribution in [0, 0.1) is 22.0 Å². The van der Waals surface area contributed by atoms with Crippen LogP contribution in [0.3, 0.4) is 0 Å². The molecule has 1 saturated heterocycles. The molecule has 2 atom stereocenters. The van der Waals surface area contributed by atoms with Gasteiger partial charge in [-0.2, -0.15) is 0 Å². The van der Waals surface area contributed by atoms with E-state index in [-0.39, 0.29) is 35.0 Å². The lowest BCUT2D eigenvalue weighted by molar-refractivity contribution is -0.384. The molecule has 3 aromatic carbocycles. The third-order valence-corrected chi connectivity index (χ3v) is 6.75. The third-order valence-electron chi connectivity index (χ3n) is 6.75. The smallest absolute Gasteiger partial charge is 0.271 e. The molecule has 3 aliphatic carbocycles. The molecule has 2 bridgehead atoms. The van der Waals surface area contributed by atoms with Gasteiger partial charge in [-0.3, -0.25) is 19.7 Å². The van der Waals surface area contributed by atoms with Crippen molar-refractivity contribution in [2.45, 2.75) is 11.8 Å². The van der Waals surface area contributed by atoms with Gasteiger partial charge in [-0.05, 0) is 28.3 Å². The Hall–Kier alpha value is -3.80. The van der Waals surface area contributed by atoms with Crippen molar-refractivity contribution in [1.82, 2.24) is 0 Å². The van der Waals surface area contributed by atoms with Gasteiger partial charge in [0.2, 0.25) is 11.8 Å².